The summed E-state index contributed by atoms with van der Waals surface area (Å²) in [6.07, 6.45) is 5.79. The highest BCUT2D eigenvalue weighted by Gasteiger charge is 1.88. The molecular formula is C10H10O2. The zero-order chi connectivity index (χ0) is 9.40. The van der Waals surface area contributed by atoms with Crippen LogP contribution in [-0.2, 0) is 9.59 Å². The van der Waals surface area contributed by atoms with Gasteiger partial charge in [0, 0.05) is 0 Å². The van der Waals surface area contributed by atoms with Crippen LogP contribution in [0, 0.1) is 11.8 Å². The van der Waals surface area contributed by atoms with E-state index in [1.54, 1.807) is 26.0 Å². The molecule has 0 N–H and O–H groups in total. The van der Waals surface area contributed by atoms with Gasteiger partial charge in [0.2, 0.25) is 11.6 Å². The first-order valence-electron chi connectivity index (χ1n) is 3.56. The highest BCUT2D eigenvalue weighted by Crippen LogP contribution is 1.76. The van der Waals surface area contributed by atoms with Crippen molar-refractivity contribution >= 4 is 11.6 Å². The average molecular weight is 162 g/mol. The van der Waals surface area contributed by atoms with E-state index >= 15 is 0 Å². The fourth-order valence-corrected chi connectivity index (χ4v) is 0.509. The van der Waals surface area contributed by atoms with Crippen LogP contribution >= 0.6 is 0 Å². The van der Waals surface area contributed by atoms with Crippen molar-refractivity contribution < 1.29 is 9.59 Å². The summed E-state index contributed by atoms with van der Waals surface area (Å²) in [4.78, 5) is 21.4. The lowest BCUT2D eigenvalue weighted by atomic mass is 10.3. The monoisotopic (exact) mass is 162 g/mol. The number of rotatable bonds is 2. The zero-order valence-corrected chi connectivity index (χ0v) is 7.13. The smallest absolute Gasteiger partial charge is 0.228 e. The maximum absolute atomic E-state index is 10.7. The lowest BCUT2D eigenvalue weighted by Crippen LogP contribution is -1.90. The molecular weight excluding hydrogens is 152 g/mol. The van der Waals surface area contributed by atoms with Crippen LogP contribution in [0.5, 0.6) is 0 Å². The van der Waals surface area contributed by atoms with E-state index in [0.717, 1.165) is 0 Å². The number of allylic oxidation sites excluding steroid dienone is 4. The molecule has 0 aliphatic heterocycles. The first kappa shape index (κ1) is 10.4. The van der Waals surface area contributed by atoms with E-state index < -0.39 is 0 Å². The van der Waals surface area contributed by atoms with Crippen molar-refractivity contribution in [3.8, 4) is 11.8 Å². The quantitative estimate of drug-likeness (QED) is 0.348. The van der Waals surface area contributed by atoms with Crippen LogP contribution in [0.3, 0.4) is 0 Å². The van der Waals surface area contributed by atoms with Crippen LogP contribution in [0.15, 0.2) is 24.3 Å². The lowest BCUT2D eigenvalue weighted by molar-refractivity contribution is -0.111. The summed E-state index contributed by atoms with van der Waals surface area (Å²) >= 11 is 0. The van der Waals surface area contributed by atoms with Gasteiger partial charge in [0.05, 0.1) is 0 Å². The van der Waals surface area contributed by atoms with E-state index in [2.05, 4.69) is 11.8 Å². The van der Waals surface area contributed by atoms with Gasteiger partial charge in [0.25, 0.3) is 0 Å². The van der Waals surface area contributed by atoms with Crippen LogP contribution < -0.4 is 0 Å². The van der Waals surface area contributed by atoms with E-state index in [1.165, 1.54) is 12.2 Å². The predicted molar refractivity (Wildman–Crippen MR) is 47.4 cm³/mol. The van der Waals surface area contributed by atoms with Crippen molar-refractivity contribution in [2.24, 2.45) is 0 Å². The second kappa shape index (κ2) is 6.11. The summed E-state index contributed by atoms with van der Waals surface area (Å²) in [7, 11) is 0. The highest BCUT2D eigenvalue weighted by atomic mass is 16.1. The molecule has 0 aromatic heterocycles. The normalized spacial score (nSPS) is 9.83. The van der Waals surface area contributed by atoms with Gasteiger partial charge >= 0.3 is 0 Å². The van der Waals surface area contributed by atoms with Gasteiger partial charge in [-0.3, -0.25) is 9.59 Å². The Balaban J connectivity index is 4.21. The molecule has 62 valence electrons. The van der Waals surface area contributed by atoms with E-state index in [-0.39, 0.29) is 11.6 Å². The molecule has 0 rings (SSSR count). The Morgan fingerprint density at radius 1 is 0.917 bits per heavy atom. The SMILES string of the molecule is C/C=C/C(=O)C#CC(=O)/C=C/C. The highest BCUT2D eigenvalue weighted by molar-refractivity contribution is 6.12. The maximum atomic E-state index is 10.7. The van der Waals surface area contributed by atoms with E-state index in [4.69, 9.17) is 0 Å². The van der Waals surface area contributed by atoms with Gasteiger partial charge in [0.1, 0.15) is 0 Å². The summed E-state index contributed by atoms with van der Waals surface area (Å²) in [5.74, 6) is 3.68. The molecule has 0 saturated carbocycles. The van der Waals surface area contributed by atoms with E-state index in [1.807, 2.05) is 0 Å². The average Bonchev–Trinajstić information content (AvgIpc) is 2.02. The summed E-state index contributed by atoms with van der Waals surface area (Å²) in [5, 5.41) is 0. The number of hydrogen-bond acceptors (Lipinski definition) is 2. The first-order valence-corrected chi connectivity index (χ1v) is 3.56. The molecule has 0 aliphatic carbocycles. The number of hydrogen-bond donors (Lipinski definition) is 0. The molecule has 0 unspecified atom stereocenters. The zero-order valence-electron chi connectivity index (χ0n) is 7.13. The van der Waals surface area contributed by atoms with E-state index in [9.17, 15) is 9.59 Å². The van der Waals surface area contributed by atoms with Gasteiger partial charge in [-0.1, -0.05) is 12.2 Å². The van der Waals surface area contributed by atoms with Gasteiger partial charge in [-0.05, 0) is 37.8 Å². The van der Waals surface area contributed by atoms with Crippen LogP contribution in [0.1, 0.15) is 13.8 Å². The van der Waals surface area contributed by atoms with Crippen molar-refractivity contribution in [1.29, 1.82) is 0 Å². The largest absolute Gasteiger partial charge is 0.280 e. The second-order valence-electron chi connectivity index (χ2n) is 1.98. The van der Waals surface area contributed by atoms with E-state index in [0.29, 0.717) is 0 Å². The van der Waals surface area contributed by atoms with Gasteiger partial charge in [-0.2, -0.15) is 0 Å². The number of ketones is 2. The minimum Gasteiger partial charge on any atom is -0.280 e. The number of carbonyl (C=O) groups excluding carboxylic acids is 2. The summed E-state index contributed by atoms with van der Waals surface area (Å²) in [6, 6.07) is 0. The summed E-state index contributed by atoms with van der Waals surface area (Å²) in [5.41, 5.74) is 0. The van der Waals surface area contributed by atoms with Crippen molar-refractivity contribution in [2.45, 2.75) is 13.8 Å². The van der Waals surface area contributed by atoms with Crippen molar-refractivity contribution in [3.05, 3.63) is 24.3 Å². The van der Waals surface area contributed by atoms with Crippen LogP contribution in [-0.4, -0.2) is 11.6 Å². The molecule has 0 radical (unpaired) electrons. The first-order chi connectivity index (χ1) is 5.70. The maximum Gasteiger partial charge on any atom is 0.228 e. The topological polar surface area (TPSA) is 34.1 Å². The van der Waals surface area contributed by atoms with Crippen molar-refractivity contribution in [3.63, 3.8) is 0 Å². The van der Waals surface area contributed by atoms with Gasteiger partial charge in [-0.15, -0.1) is 0 Å². The third kappa shape index (κ3) is 5.19. The standard InChI is InChI=1S/C10H10O2/c1-3-5-9(11)7-8-10(12)6-4-2/h3-6H,1-2H3/b5-3+,6-4+. The molecule has 2 heteroatoms. The van der Waals surface area contributed by atoms with Gasteiger partial charge in [0.15, 0.2) is 0 Å². The second-order valence-corrected chi connectivity index (χ2v) is 1.98. The fraction of sp³-hybridized carbons (Fsp3) is 0.200. The Morgan fingerprint density at radius 3 is 1.50 bits per heavy atom. The molecule has 0 aromatic carbocycles. The molecule has 0 atom stereocenters. The molecule has 0 spiro atoms. The Labute approximate surface area is 72.0 Å². The van der Waals surface area contributed by atoms with Gasteiger partial charge in [-0.25, -0.2) is 0 Å². The Kier molecular flexibility index (Phi) is 5.29. The van der Waals surface area contributed by atoms with Crippen LogP contribution in [0.2, 0.25) is 0 Å². The Hall–Kier alpha value is -1.62. The van der Waals surface area contributed by atoms with Gasteiger partial charge < -0.3 is 0 Å². The lowest BCUT2D eigenvalue weighted by Gasteiger charge is -1.75. The van der Waals surface area contributed by atoms with Crippen molar-refractivity contribution in [2.75, 3.05) is 0 Å². The molecule has 0 aromatic rings. The summed E-state index contributed by atoms with van der Waals surface area (Å²) in [6.45, 7) is 3.43. The minimum absolute atomic E-state index is 0.352. The molecule has 0 fully saturated rings. The van der Waals surface area contributed by atoms with Crippen molar-refractivity contribution in [1.82, 2.24) is 0 Å². The van der Waals surface area contributed by atoms with Crippen LogP contribution in [0.4, 0.5) is 0 Å². The minimum atomic E-state index is -0.352. The van der Waals surface area contributed by atoms with Crippen LogP contribution in [0.25, 0.3) is 0 Å². The summed E-state index contributed by atoms with van der Waals surface area (Å²) < 4.78 is 0. The Bertz CT molecular complexity index is 257. The third-order valence-electron chi connectivity index (χ3n) is 0.945. The third-order valence-corrected chi connectivity index (χ3v) is 0.945. The molecule has 2 nitrogen and oxygen atoms in total. The molecule has 12 heavy (non-hydrogen) atoms. The molecule has 0 aliphatic rings. The molecule has 0 saturated heterocycles. The number of carbonyl (C=O) groups is 2. The predicted octanol–water partition coefficient (Wildman–Crippen LogP) is 1.28. The molecule has 0 bridgehead atoms. The molecule has 0 heterocycles. The Morgan fingerprint density at radius 2 is 1.25 bits per heavy atom. The molecule has 0 amide bonds. The fourth-order valence-electron chi connectivity index (χ4n) is 0.509.